The SMILES string of the molecule is [CH2]CN(C)CC(C)(C)N. The maximum absolute atomic E-state index is 5.74. The van der Waals surface area contributed by atoms with Crippen molar-refractivity contribution in [3.63, 3.8) is 0 Å². The predicted octanol–water partition coefficient (Wildman–Crippen LogP) is 0.490. The van der Waals surface area contributed by atoms with Crippen LogP contribution >= 0.6 is 0 Å². The van der Waals surface area contributed by atoms with Gasteiger partial charge >= 0.3 is 0 Å². The second kappa shape index (κ2) is 3.18. The molecule has 0 saturated carbocycles. The number of hydrogen-bond donors (Lipinski definition) is 1. The van der Waals surface area contributed by atoms with Crippen LogP contribution in [0.25, 0.3) is 0 Å². The highest BCUT2D eigenvalue weighted by Crippen LogP contribution is 1.97. The van der Waals surface area contributed by atoms with Gasteiger partial charge in [0.05, 0.1) is 0 Å². The molecule has 0 fully saturated rings. The largest absolute Gasteiger partial charge is 0.324 e. The Labute approximate surface area is 58.0 Å². The molecule has 2 N–H and O–H groups in total. The van der Waals surface area contributed by atoms with Crippen molar-refractivity contribution in [3.8, 4) is 0 Å². The fourth-order valence-corrected chi connectivity index (χ4v) is 0.775. The zero-order chi connectivity index (χ0) is 7.49. The van der Waals surface area contributed by atoms with Crippen molar-refractivity contribution in [2.24, 2.45) is 5.73 Å². The van der Waals surface area contributed by atoms with Crippen LogP contribution in [0.5, 0.6) is 0 Å². The fraction of sp³-hybridized carbons (Fsp3) is 0.857. The first-order chi connectivity index (χ1) is 3.95. The third kappa shape index (κ3) is 5.80. The minimum Gasteiger partial charge on any atom is -0.324 e. The summed E-state index contributed by atoms with van der Waals surface area (Å²) in [6.07, 6.45) is 0. The average Bonchev–Trinajstić information content (AvgIpc) is 1.62. The van der Waals surface area contributed by atoms with E-state index in [4.69, 9.17) is 5.73 Å². The molecular formula is C7H17N2. The van der Waals surface area contributed by atoms with E-state index in [2.05, 4.69) is 11.8 Å². The lowest BCUT2D eigenvalue weighted by Gasteiger charge is -2.24. The van der Waals surface area contributed by atoms with Gasteiger partial charge < -0.3 is 10.6 Å². The summed E-state index contributed by atoms with van der Waals surface area (Å²) in [7, 11) is 2.02. The lowest BCUT2D eigenvalue weighted by molar-refractivity contribution is 0.292. The highest BCUT2D eigenvalue weighted by atomic mass is 15.1. The zero-order valence-electron chi connectivity index (χ0n) is 6.65. The third-order valence-electron chi connectivity index (χ3n) is 1.06. The number of nitrogens with two attached hydrogens (primary N) is 1. The van der Waals surface area contributed by atoms with Gasteiger partial charge in [-0.25, -0.2) is 0 Å². The monoisotopic (exact) mass is 129 g/mol. The molecule has 0 rings (SSSR count). The standard InChI is InChI=1S/C7H17N2/c1-5-9(4)6-7(2,3)8/h1,5-6,8H2,2-4H3. The molecule has 0 unspecified atom stereocenters. The number of rotatable bonds is 3. The van der Waals surface area contributed by atoms with E-state index in [9.17, 15) is 0 Å². The molecule has 0 spiro atoms. The van der Waals surface area contributed by atoms with Crippen LogP contribution in [0.3, 0.4) is 0 Å². The molecule has 0 bridgehead atoms. The molecule has 0 heterocycles. The number of hydrogen-bond acceptors (Lipinski definition) is 2. The Bertz CT molecular complexity index is 73.5. The van der Waals surface area contributed by atoms with Crippen molar-refractivity contribution in [1.82, 2.24) is 4.90 Å². The van der Waals surface area contributed by atoms with Crippen LogP contribution in [0.4, 0.5) is 0 Å². The Balaban J connectivity index is 3.47. The molecule has 2 heteroatoms. The highest BCUT2D eigenvalue weighted by molar-refractivity contribution is 4.75. The van der Waals surface area contributed by atoms with Gasteiger partial charge in [0.1, 0.15) is 0 Å². The van der Waals surface area contributed by atoms with Crippen molar-refractivity contribution in [3.05, 3.63) is 6.92 Å². The van der Waals surface area contributed by atoms with Crippen molar-refractivity contribution >= 4 is 0 Å². The van der Waals surface area contributed by atoms with Crippen molar-refractivity contribution < 1.29 is 0 Å². The topological polar surface area (TPSA) is 29.3 Å². The summed E-state index contributed by atoms with van der Waals surface area (Å²) >= 11 is 0. The molecule has 1 radical (unpaired) electrons. The molecule has 0 aromatic heterocycles. The summed E-state index contributed by atoms with van der Waals surface area (Å²) in [5, 5.41) is 0. The van der Waals surface area contributed by atoms with E-state index in [1.54, 1.807) is 0 Å². The van der Waals surface area contributed by atoms with Crippen LogP contribution < -0.4 is 5.73 Å². The Morgan fingerprint density at radius 3 is 2.11 bits per heavy atom. The van der Waals surface area contributed by atoms with E-state index in [-0.39, 0.29) is 5.54 Å². The van der Waals surface area contributed by atoms with Gasteiger partial charge in [0.15, 0.2) is 0 Å². The summed E-state index contributed by atoms with van der Waals surface area (Å²) in [6.45, 7) is 9.49. The third-order valence-corrected chi connectivity index (χ3v) is 1.06. The van der Waals surface area contributed by atoms with E-state index >= 15 is 0 Å². The van der Waals surface area contributed by atoms with Crippen molar-refractivity contribution in [1.29, 1.82) is 0 Å². The smallest absolute Gasteiger partial charge is 0.0225 e. The van der Waals surface area contributed by atoms with Crippen LogP contribution in [0.15, 0.2) is 0 Å². The molecule has 9 heavy (non-hydrogen) atoms. The number of likely N-dealkylation sites (N-methyl/N-ethyl adjacent to an activating group) is 1. The average molecular weight is 129 g/mol. The summed E-state index contributed by atoms with van der Waals surface area (Å²) in [5.41, 5.74) is 5.65. The van der Waals surface area contributed by atoms with E-state index < -0.39 is 0 Å². The molecule has 2 nitrogen and oxygen atoms in total. The predicted molar refractivity (Wildman–Crippen MR) is 41.1 cm³/mol. The molecule has 0 saturated heterocycles. The molecule has 0 atom stereocenters. The van der Waals surface area contributed by atoms with Gasteiger partial charge in [-0.1, -0.05) is 0 Å². The van der Waals surface area contributed by atoms with E-state index in [0.29, 0.717) is 0 Å². The first-order valence-corrected chi connectivity index (χ1v) is 3.22. The van der Waals surface area contributed by atoms with Gasteiger partial charge in [-0.05, 0) is 34.4 Å². The lowest BCUT2D eigenvalue weighted by atomic mass is 10.1. The molecule has 0 aromatic rings. The molecule has 0 aliphatic rings. The minimum atomic E-state index is -0.0908. The second-order valence-electron chi connectivity index (χ2n) is 3.23. The molecule has 0 aliphatic heterocycles. The minimum absolute atomic E-state index is 0.0908. The van der Waals surface area contributed by atoms with Crippen LogP contribution in [0.1, 0.15) is 13.8 Å². The van der Waals surface area contributed by atoms with E-state index in [1.807, 2.05) is 20.9 Å². The maximum Gasteiger partial charge on any atom is 0.0225 e. The summed E-state index contributed by atoms with van der Waals surface area (Å²) in [4.78, 5) is 2.10. The van der Waals surface area contributed by atoms with E-state index in [1.165, 1.54) is 0 Å². The normalized spacial score (nSPS) is 12.7. The van der Waals surface area contributed by atoms with Gasteiger partial charge in [-0.3, -0.25) is 0 Å². The molecule has 0 aliphatic carbocycles. The quantitative estimate of drug-likeness (QED) is 0.601. The van der Waals surface area contributed by atoms with Crippen molar-refractivity contribution in [2.45, 2.75) is 19.4 Å². The summed E-state index contributed by atoms with van der Waals surface area (Å²) in [6, 6.07) is 0. The first-order valence-electron chi connectivity index (χ1n) is 3.22. The summed E-state index contributed by atoms with van der Waals surface area (Å²) < 4.78 is 0. The van der Waals surface area contributed by atoms with Crippen LogP contribution in [-0.2, 0) is 0 Å². The van der Waals surface area contributed by atoms with Gasteiger partial charge in [-0.15, -0.1) is 0 Å². The lowest BCUT2D eigenvalue weighted by Crippen LogP contribution is -2.43. The Morgan fingerprint density at radius 1 is 1.56 bits per heavy atom. The highest BCUT2D eigenvalue weighted by Gasteiger charge is 2.11. The van der Waals surface area contributed by atoms with E-state index in [0.717, 1.165) is 13.1 Å². The number of nitrogens with zero attached hydrogens (tertiary/aromatic N) is 1. The Kier molecular flexibility index (Phi) is 3.15. The van der Waals surface area contributed by atoms with Gasteiger partial charge in [0.2, 0.25) is 0 Å². The zero-order valence-corrected chi connectivity index (χ0v) is 6.65. The second-order valence-corrected chi connectivity index (χ2v) is 3.23. The fourth-order valence-electron chi connectivity index (χ4n) is 0.775. The summed E-state index contributed by atoms with van der Waals surface area (Å²) in [5.74, 6) is 0. The van der Waals surface area contributed by atoms with Crippen LogP contribution in [-0.4, -0.2) is 30.6 Å². The van der Waals surface area contributed by atoms with Crippen molar-refractivity contribution in [2.75, 3.05) is 20.1 Å². The Morgan fingerprint density at radius 2 is 2.00 bits per heavy atom. The first kappa shape index (κ1) is 8.92. The van der Waals surface area contributed by atoms with Gasteiger partial charge in [0, 0.05) is 12.1 Å². The molecule has 0 amide bonds. The van der Waals surface area contributed by atoms with Gasteiger partial charge in [0.25, 0.3) is 0 Å². The molecule has 0 aromatic carbocycles. The van der Waals surface area contributed by atoms with Crippen LogP contribution in [0, 0.1) is 6.92 Å². The molecule has 55 valence electrons. The van der Waals surface area contributed by atoms with Crippen LogP contribution in [0.2, 0.25) is 0 Å². The van der Waals surface area contributed by atoms with Gasteiger partial charge in [-0.2, -0.15) is 0 Å². The Hall–Kier alpha value is -0.0800. The maximum atomic E-state index is 5.74. The molecular weight excluding hydrogens is 112 g/mol.